The molecule has 2 atom stereocenters. The topological polar surface area (TPSA) is 29.1 Å². The first-order valence-corrected chi connectivity index (χ1v) is 7.15. The van der Waals surface area contributed by atoms with E-state index in [2.05, 4.69) is 5.32 Å². The molecule has 2 unspecified atom stereocenters. The molecule has 1 fully saturated rings. The molecule has 0 saturated heterocycles. The smallest absolute Gasteiger partial charge is 0.252 e. The number of nitrogens with one attached hydrogen (secondary N) is 1. The minimum Gasteiger partial charge on any atom is -0.352 e. The van der Waals surface area contributed by atoms with Gasteiger partial charge in [0.2, 0.25) is 0 Å². The van der Waals surface area contributed by atoms with Gasteiger partial charge < -0.3 is 5.32 Å². The molecule has 0 bridgehead atoms. The number of halogens is 1. The first-order chi connectivity index (χ1) is 7.81. The van der Waals surface area contributed by atoms with Gasteiger partial charge in [0, 0.05) is 23.4 Å². The number of hydrogen-bond donors (Lipinski definition) is 1. The van der Waals surface area contributed by atoms with Crippen molar-refractivity contribution >= 4 is 28.8 Å². The Labute approximate surface area is 105 Å². The van der Waals surface area contributed by atoms with Gasteiger partial charge in [-0.1, -0.05) is 6.42 Å². The number of hydrogen-bond acceptors (Lipinski definition) is 2. The lowest BCUT2D eigenvalue weighted by Crippen LogP contribution is -2.30. The molecule has 0 spiro atoms. The van der Waals surface area contributed by atoms with Crippen molar-refractivity contribution in [3.05, 3.63) is 22.4 Å². The summed E-state index contributed by atoms with van der Waals surface area (Å²) >= 11 is 7.46. The fourth-order valence-corrected chi connectivity index (χ4v) is 3.35. The lowest BCUT2D eigenvalue weighted by atomic mass is 9.98. The Morgan fingerprint density at radius 2 is 2.31 bits per heavy atom. The summed E-state index contributed by atoms with van der Waals surface area (Å²) < 4.78 is 0. The summed E-state index contributed by atoms with van der Waals surface area (Å²) in [4.78, 5) is 11.7. The molecule has 16 heavy (non-hydrogen) atoms. The second kappa shape index (κ2) is 5.69. The molecule has 1 heterocycles. The molecule has 1 aliphatic carbocycles. The van der Waals surface area contributed by atoms with Crippen molar-refractivity contribution < 1.29 is 4.79 Å². The van der Waals surface area contributed by atoms with Crippen LogP contribution in [0.15, 0.2) is 16.8 Å². The van der Waals surface area contributed by atoms with Crippen LogP contribution in [0.3, 0.4) is 0 Å². The molecule has 2 nitrogen and oxygen atoms in total. The van der Waals surface area contributed by atoms with Crippen LogP contribution in [0, 0.1) is 11.8 Å². The Hall–Kier alpha value is -0.540. The molecule has 4 heteroatoms. The number of alkyl halides is 1. The molecule has 1 saturated carbocycles. The highest BCUT2D eigenvalue weighted by atomic mass is 35.5. The van der Waals surface area contributed by atoms with Gasteiger partial charge in [0.1, 0.15) is 0 Å². The maximum absolute atomic E-state index is 11.7. The zero-order valence-corrected chi connectivity index (χ0v) is 10.7. The average molecular weight is 258 g/mol. The molecular weight excluding hydrogens is 242 g/mol. The molecule has 0 radical (unpaired) electrons. The van der Waals surface area contributed by atoms with Crippen molar-refractivity contribution in [2.24, 2.45) is 11.8 Å². The van der Waals surface area contributed by atoms with E-state index in [-0.39, 0.29) is 5.91 Å². The summed E-state index contributed by atoms with van der Waals surface area (Å²) in [6.07, 6.45) is 3.65. The van der Waals surface area contributed by atoms with Gasteiger partial charge in [-0.2, -0.15) is 11.3 Å². The first kappa shape index (κ1) is 11.9. The van der Waals surface area contributed by atoms with Crippen LogP contribution >= 0.6 is 22.9 Å². The Morgan fingerprint density at radius 3 is 3.00 bits per heavy atom. The molecule has 1 aromatic heterocycles. The van der Waals surface area contributed by atoms with Crippen molar-refractivity contribution in [1.29, 1.82) is 0 Å². The predicted molar refractivity (Wildman–Crippen MR) is 68.2 cm³/mol. The number of amides is 1. The van der Waals surface area contributed by atoms with Gasteiger partial charge in [-0.15, -0.1) is 11.6 Å². The summed E-state index contributed by atoms with van der Waals surface area (Å²) in [6.45, 7) is 0.770. The summed E-state index contributed by atoms with van der Waals surface area (Å²) in [5.41, 5.74) is 0.769. The van der Waals surface area contributed by atoms with E-state index in [1.54, 1.807) is 11.3 Å². The summed E-state index contributed by atoms with van der Waals surface area (Å²) in [6, 6.07) is 1.85. The predicted octanol–water partition coefficient (Wildman–Crippen LogP) is 3.13. The molecule has 1 aliphatic rings. The lowest BCUT2D eigenvalue weighted by Gasteiger charge is -2.17. The van der Waals surface area contributed by atoms with Crippen LogP contribution in [0.1, 0.15) is 29.6 Å². The van der Waals surface area contributed by atoms with E-state index in [1.807, 2.05) is 16.8 Å². The minimum absolute atomic E-state index is 0.0430. The fourth-order valence-electron chi connectivity index (χ4n) is 2.31. The number of thiophene rings is 1. The third kappa shape index (κ3) is 2.77. The highest BCUT2D eigenvalue weighted by molar-refractivity contribution is 7.08. The van der Waals surface area contributed by atoms with Crippen LogP contribution in [-0.2, 0) is 0 Å². The van der Waals surface area contributed by atoms with E-state index in [9.17, 15) is 4.79 Å². The molecule has 88 valence electrons. The van der Waals surface area contributed by atoms with Gasteiger partial charge >= 0.3 is 0 Å². The van der Waals surface area contributed by atoms with Gasteiger partial charge in [0.25, 0.3) is 5.91 Å². The molecular formula is C12H16ClNOS. The van der Waals surface area contributed by atoms with Crippen LogP contribution in [0.4, 0.5) is 0 Å². The van der Waals surface area contributed by atoms with Crippen molar-refractivity contribution in [3.63, 3.8) is 0 Å². The average Bonchev–Trinajstić information content (AvgIpc) is 2.96. The van der Waals surface area contributed by atoms with Gasteiger partial charge in [-0.3, -0.25) is 4.79 Å². The van der Waals surface area contributed by atoms with Crippen molar-refractivity contribution in [1.82, 2.24) is 5.32 Å². The second-order valence-corrected chi connectivity index (χ2v) is 5.42. The van der Waals surface area contributed by atoms with Crippen molar-refractivity contribution in [3.8, 4) is 0 Å². The summed E-state index contributed by atoms with van der Waals surface area (Å²) in [5.74, 6) is 1.92. The summed E-state index contributed by atoms with van der Waals surface area (Å²) in [7, 11) is 0. The maximum Gasteiger partial charge on any atom is 0.252 e. The third-order valence-corrected chi connectivity index (χ3v) is 4.40. The number of rotatable bonds is 4. The van der Waals surface area contributed by atoms with E-state index in [4.69, 9.17) is 11.6 Å². The monoisotopic (exact) mass is 257 g/mol. The van der Waals surface area contributed by atoms with Crippen LogP contribution in [0.5, 0.6) is 0 Å². The summed E-state index contributed by atoms with van der Waals surface area (Å²) in [5, 5.41) is 6.80. The van der Waals surface area contributed by atoms with Crippen LogP contribution in [-0.4, -0.2) is 18.3 Å². The van der Waals surface area contributed by atoms with Crippen LogP contribution in [0.2, 0.25) is 0 Å². The van der Waals surface area contributed by atoms with E-state index in [0.29, 0.717) is 11.8 Å². The Balaban J connectivity index is 1.81. The van der Waals surface area contributed by atoms with Gasteiger partial charge in [0.15, 0.2) is 0 Å². The molecule has 0 aliphatic heterocycles. The lowest BCUT2D eigenvalue weighted by molar-refractivity contribution is 0.0945. The number of carbonyl (C=O) groups excluding carboxylic acids is 1. The highest BCUT2D eigenvalue weighted by Crippen LogP contribution is 2.31. The molecule has 1 amide bonds. The molecule has 0 aromatic carbocycles. The van der Waals surface area contributed by atoms with Crippen LogP contribution in [0.25, 0.3) is 0 Å². The Kier molecular flexibility index (Phi) is 4.24. The third-order valence-electron chi connectivity index (χ3n) is 3.32. The minimum atomic E-state index is 0.0430. The molecule has 1 N–H and O–H groups in total. The van der Waals surface area contributed by atoms with Gasteiger partial charge in [-0.25, -0.2) is 0 Å². The molecule has 1 aromatic rings. The zero-order chi connectivity index (χ0) is 11.4. The van der Waals surface area contributed by atoms with Gasteiger partial charge in [-0.05, 0) is 36.1 Å². The van der Waals surface area contributed by atoms with Crippen LogP contribution < -0.4 is 5.32 Å². The quantitative estimate of drug-likeness (QED) is 0.825. The van der Waals surface area contributed by atoms with E-state index in [1.165, 1.54) is 19.3 Å². The van der Waals surface area contributed by atoms with E-state index >= 15 is 0 Å². The highest BCUT2D eigenvalue weighted by Gasteiger charge is 2.26. The van der Waals surface area contributed by atoms with E-state index in [0.717, 1.165) is 18.0 Å². The van der Waals surface area contributed by atoms with Crippen molar-refractivity contribution in [2.75, 3.05) is 12.4 Å². The zero-order valence-electron chi connectivity index (χ0n) is 9.12. The van der Waals surface area contributed by atoms with E-state index < -0.39 is 0 Å². The SMILES string of the molecule is O=C(NCC1CCCC1CCl)c1ccsc1. The largest absolute Gasteiger partial charge is 0.352 e. The maximum atomic E-state index is 11.7. The normalized spacial score (nSPS) is 24.6. The number of carbonyl (C=O) groups is 1. The molecule has 2 rings (SSSR count). The Bertz CT molecular complexity index is 339. The first-order valence-electron chi connectivity index (χ1n) is 5.67. The fraction of sp³-hybridized carbons (Fsp3) is 0.583. The van der Waals surface area contributed by atoms with Gasteiger partial charge in [0.05, 0.1) is 0 Å². The standard InChI is InChI=1S/C12H16ClNOS/c13-6-9-2-1-3-10(9)7-14-12(15)11-4-5-16-8-11/h4-5,8-10H,1-3,6-7H2,(H,14,15). The van der Waals surface area contributed by atoms with Crippen molar-refractivity contribution in [2.45, 2.75) is 19.3 Å². The Morgan fingerprint density at radius 1 is 1.50 bits per heavy atom. The second-order valence-electron chi connectivity index (χ2n) is 4.33.